The van der Waals surface area contributed by atoms with E-state index in [2.05, 4.69) is 17.0 Å². The van der Waals surface area contributed by atoms with Crippen molar-refractivity contribution in [3.63, 3.8) is 0 Å². The molecule has 0 radical (unpaired) electrons. The summed E-state index contributed by atoms with van der Waals surface area (Å²) >= 11 is 0. The Bertz CT molecular complexity index is 418. The van der Waals surface area contributed by atoms with Gasteiger partial charge in [0.05, 0.1) is 5.69 Å². The van der Waals surface area contributed by atoms with Gasteiger partial charge < -0.3 is 0 Å². The van der Waals surface area contributed by atoms with E-state index in [1.807, 2.05) is 31.6 Å². The standard InChI is InChI=1S/C10H11N3/c1-8-3-5-11-7-9(8)10-4-6-13(2)12-10/h3-7H,1-2H3. The van der Waals surface area contributed by atoms with E-state index < -0.39 is 0 Å². The quantitative estimate of drug-likeness (QED) is 0.658. The van der Waals surface area contributed by atoms with Crippen molar-refractivity contribution in [3.8, 4) is 11.3 Å². The summed E-state index contributed by atoms with van der Waals surface area (Å²) in [6.45, 7) is 2.06. The molecule has 0 unspecified atom stereocenters. The van der Waals surface area contributed by atoms with Gasteiger partial charge in [-0.3, -0.25) is 9.67 Å². The lowest BCUT2D eigenvalue weighted by Gasteiger charge is -1.99. The van der Waals surface area contributed by atoms with Crippen molar-refractivity contribution in [2.45, 2.75) is 6.92 Å². The third kappa shape index (κ3) is 1.45. The van der Waals surface area contributed by atoms with Crippen LogP contribution in [-0.2, 0) is 7.05 Å². The van der Waals surface area contributed by atoms with Crippen LogP contribution in [0.2, 0.25) is 0 Å². The van der Waals surface area contributed by atoms with Crippen LogP contribution in [0.4, 0.5) is 0 Å². The normalized spacial score (nSPS) is 10.3. The minimum atomic E-state index is 0.980. The molecule has 0 aliphatic heterocycles. The Morgan fingerprint density at radius 3 is 2.77 bits per heavy atom. The van der Waals surface area contributed by atoms with E-state index in [-0.39, 0.29) is 0 Å². The van der Waals surface area contributed by atoms with Gasteiger partial charge in [0.1, 0.15) is 0 Å². The molecule has 0 atom stereocenters. The van der Waals surface area contributed by atoms with Crippen molar-refractivity contribution >= 4 is 0 Å². The van der Waals surface area contributed by atoms with Gasteiger partial charge in [-0.1, -0.05) is 0 Å². The fourth-order valence-electron chi connectivity index (χ4n) is 1.29. The Hall–Kier alpha value is -1.64. The highest BCUT2D eigenvalue weighted by atomic mass is 15.2. The summed E-state index contributed by atoms with van der Waals surface area (Å²) in [5.41, 5.74) is 3.28. The predicted molar refractivity (Wildman–Crippen MR) is 51.2 cm³/mol. The summed E-state index contributed by atoms with van der Waals surface area (Å²) in [5, 5.41) is 4.32. The van der Waals surface area contributed by atoms with E-state index in [0.717, 1.165) is 11.3 Å². The van der Waals surface area contributed by atoms with Gasteiger partial charge in [0.25, 0.3) is 0 Å². The summed E-state index contributed by atoms with van der Waals surface area (Å²) in [6.07, 6.45) is 5.57. The fourth-order valence-corrected chi connectivity index (χ4v) is 1.29. The minimum Gasteiger partial charge on any atom is -0.275 e. The molecule has 0 saturated carbocycles. The number of pyridine rings is 1. The molecular weight excluding hydrogens is 162 g/mol. The summed E-state index contributed by atoms with van der Waals surface area (Å²) in [4.78, 5) is 4.08. The first-order valence-corrected chi connectivity index (χ1v) is 4.18. The molecule has 0 aromatic carbocycles. The predicted octanol–water partition coefficient (Wildman–Crippen LogP) is 1.79. The second kappa shape index (κ2) is 3.01. The first kappa shape index (κ1) is 7.98. The number of aromatic nitrogens is 3. The molecule has 0 aliphatic rings. The van der Waals surface area contributed by atoms with Gasteiger partial charge in [-0.25, -0.2) is 0 Å². The van der Waals surface area contributed by atoms with Crippen molar-refractivity contribution in [2.24, 2.45) is 7.05 Å². The molecule has 3 nitrogen and oxygen atoms in total. The maximum Gasteiger partial charge on any atom is 0.0941 e. The molecule has 0 amide bonds. The first-order chi connectivity index (χ1) is 6.27. The highest BCUT2D eigenvalue weighted by Gasteiger charge is 2.03. The first-order valence-electron chi connectivity index (χ1n) is 4.18. The zero-order valence-corrected chi connectivity index (χ0v) is 7.73. The molecule has 0 N–H and O–H groups in total. The molecule has 3 heteroatoms. The summed E-state index contributed by atoms with van der Waals surface area (Å²) in [5.74, 6) is 0. The molecule has 13 heavy (non-hydrogen) atoms. The Kier molecular flexibility index (Phi) is 1.85. The van der Waals surface area contributed by atoms with Crippen molar-refractivity contribution in [1.82, 2.24) is 14.8 Å². The van der Waals surface area contributed by atoms with Gasteiger partial charge in [-0.2, -0.15) is 5.10 Å². The number of nitrogens with zero attached hydrogens (tertiary/aromatic N) is 3. The molecular formula is C10H11N3. The highest BCUT2D eigenvalue weighted by molar-refractivity contribution is 5.61. The van der Waals surface area contributed by atoms with Crippen molar-refractivity contribution in [3.05, 3.63) is 36.3 Å². The maximum absolute atomic E-state index is 4.32. The average Bonchev–Trinajstić information content (AvgIpc) is 2.53. The lowest BCUT2D eigenvalue weighted by atomic mass is 10.1. The second-order valence-corrected chi connectivity index (χ2v) is 3.07. The molecule has 0 spiro atoms. The van der Waals surface area contributed by atoms with Gasteiger partial charge in [-0.15, -0.1) is 0 Å². The smallest absolute Gasteiger partial charge is 0.0941 e. The van der Waals surface area contributed by atoms with Crippen molar-refractivity contribution < 1.29 is 0 Å². The van der Waals surface area contributed by atoms with Crippen LogP contribution < -0.4 is 0 Å². The van der Waals surface area contributed by atoms with Crippen LogP contribution >= 0.6 is 0 Å². The largest absolute Gasteiger partial charge is 0.275 e. The zero-order chi connectivity index (χ0) is 9.26. The van der Waals surface area contributed by atoms with Crippen LogP contribution in [0.25, 0.3) is 11.3 Å². The number of hydrogen-bond donors (Lipinski definition) is 0. The van der Waals surface area contributed by atoms with E-state index >= 15 is 0 Å². The molecule has 66 valence electrons. The molecule has 0 saturated heterocycles. The topological polar surface area (TPSA) is 30.7 Å². The van der Waals surface area contributed by atoms with Crippen LogP contribution in [0, 0.1) is 6.92 Å². The minimum absolute atomic E-state index is 0.980. The zero-order valence-electron chi connectivity index (χ0n) is 7.73. The summed E-state index contributed by atoms with van der Waals surface area (Å²) < 4.78 is 1.79. The van der Waals surface area contributed by atoms with Crippen LogP contribution in [0.5, 0.6) is 0 Å². The summed E-state index contributed by atoms with van der Waals surface area (Å²) in [7, 11) is 1.91. The van der Waals surface area contributed by atoms with E-state index in [9.17, 15) is 0 Å². The average molecular weight is 173 g/mol. The van der Waals surface area contributed by atoms with E-state index in [4.69, 9.17) is 0 Å². The molecule has 2 aromatic heterocycles. The molecule has 2 rings (SSSR count). The fraction of sp³-hybridized carbons (Fsp3) is 0.200. The number of rotatable bonds is 1. The van der Waals surface area contributed by atoms with Crippen molar-refractivity contribution in [1.29, 1.82) is 0 Å². The third-order valence-corrected chi connectivity index (χ3v) is 2.03. The van der Waals surface area contributed by atoms with Gasteiger partial charge >= 0.3 is 0 Å². The van der Waals surface area contributed by atoms with Crippen LogP contribution in [-0.4, -0.2) is 14.8 Å². The Balaban J connectivity index is 2.52. The van der Waals surface area contributed by atoms with Crippen LogP contribution in [0.3, 0.4) is 0 Å². The molecule has 2 aromatic rings. The van der Waals surface area contributed by atoms with E-state index in [0.29, 0.717) is 0 Å². The lowest BCUT2D eigenvalue weighted by Crippen LogP contribution is -1.89. The van der Waals surface area contributed by atoms with Gasteiger partial charge in [0.2, 0.25) is 0 Å². The Morgan fingerprint density at radius 2 is 2.15 bits per heavy atom. The van der Waals surface area contributed by atoms with Gasteiger partial charge in [-0.05, 0) is 24.6 Å². The van der Waals surface area contributed by atoms with Crippen molar-refractivity contribution in [2.75, 3.05) is 0 Å². The van der Waals surface area contributed by atoms with Gasteiger partial charge in [0, 0.05) is 31.2 Å². The third-order valence-electron chi connectivity index (χ3n) is 2.03. The molecule has 0 fully saturated rings. The SMILES string of the molecule is Cc1ccncc1-c1ccn(C)n1. The number of aryl methyl sites for hydroxylation is 2. The molecule has 0 aliphatic carbocycles. The van der Waals surface area contributed by atoms with E-state index in [1.54, 1.807) is 10.9 Å². The maximum atomic E-state index is 4.32. The second-order valence-electron chi connectivity index (χ2n) is 3.07. The monoisotopic (exact) mass is 173 g/mol. The Labute approximate surface area is 77.0 Å². The van der Waals surface area contributed by atoms with Crippen LogP contribution in [0.15, 0.2) is 30.7 Å². The Morgan fingerprint density at radius 1 is 1.31 bits per heavy atom. The highest BCUT2D eigenvalue weighted by Crippen LogP contribution is 2.18. The molecule has 2 heterocycles. The van der Waals surface area contributed by atoms with Gasteiger partial charge in [0.15, 0.2) is 0 Å². The number of hydrogen-bond acceptors (Lipinski definition) is 2. The lowest BCUT2D eigenvalue weighted by molar-refractivity contribution is 0.770. The van der Waals surface area contributed by atoms with Crippen LogP contribution in [0.1, 0.15) is 5.56 Å². The van der Waals surface area contributed by atoms with E-state index in [1.165, 1.54) is 5.56 Å². The summed E-state index contributed by atoms with van der Waals surface area (Å²) in [6, 6.07) is 3.98. The molecule has 0 bridgehead atoms.